The van der Waals surface area contributed by atoms with Gasteiger partial charge in [-0.2, -0.15) is 0 Å². The summed E-state index contributed by atoms with van der Waals surface area (Å²) in [5.74, 6) is 0. The van der Waals surface area contributed by atoms with E-state index in [-0.39, 0.29) is 0 Å². The minimum atomic E-state index is 1.10. The first kappa shape index (κ1) is 18.7. The van der Waals surface area contributed by atoms with Crippen molar-refractivity contribution in [1.82, 2.24) is 0 Å². The van der Waals surface area contributed by atoms with Gasteiger partial charge in [-0.15, -0.1) is 0 Å². The van der Waals surface area contributed by atoms with Crippen LogP contribution in [0.3, 0.4) is 0 Å². The lowest BCUT2D eigenvalue weighted by atomic mass is 10.1. The molecule has 0 atom stereocenters. The van der Waals surface area contributed by atoms with Crippen LogP contribution in [0.2, 0.25) is 0 Å². The lowest BCUT2D eigenvalue weighted by Gasteiger charge is -2.26. The minimum absolute atomic E-state index is 1.10. The van der Waals surface area contributed by atoms with Gasteiger partial charge in [0.1, 0.15) is 0 Å². The molecule has 0 aliphatic carbocycles. The van der Waals surface area contributed by atoms with E-state index in [9.17, 15) is 0 Å². The first-order valence-corrected chi connectivity index (χ1v) is 10.2. The molecule has 0 fully saturated rings. The Morgan fingerprint density at radius 3 is 1.27 bits per heavy atom. The fourth-order valence-corrected chi connectivity index (χ4v) is 3.50. The molecule has 0 amide bonds. The first-order valence-electron chi connectivity index (χ1n) is 9.45. The Bertz CT molecular complexity index is 755. The topological polar surface area (TPSA) is 3.24 Å². The van der Waals surface area contributed by atoms with Crippen molar-refractivity contribution in [2.45, 2.75) is 39.5 Å². The van der Waals surface area contributed by atoms with Crippen LogP contribution in [-0.2, 0) is 12.8 Å². The molecule has 0 aliphatic rings. The van der Waals surface area contributed by atoms with Crippen LogP contribution in [-0.4, -0.2) is 0 Å². The Morgan fingerprint density at radius 1 is 0.577 bits per heavy atom. The van der Waals surface area contributed by atoms with Gasteiger partial charge in [0.25, 0.3) is 0 Å². The largest absolute Gasteiger partial charge is 0.311 e. The molecular formula is C24H26BrN. The highest BCUT2D eigenvalue weighted by molar-refractivity contribution is 9.10. The zero-order valence-corrected chi connectivity index (χ0v) is 17.2. The van der Waals surface area contributed by atoms with Crippen molar-refractivity contribution in [3.63, 3.8) is 0 Å². The lowest BCUT2D eigenvalue weighted by Crippen LogP contribution is -2.10. The van der Waals surface area contributed by atoms with Crippen molar-refractivity contribution in [2.75, 3.05) is 4.90 Å². The summed E-state index contributed by atoms with van der Waals surface area (Å²) in [6.07, 6.45) is 4.61. The standard InChI is InChI=1S/C24H26BrN/c1-3-5-19-7-13-22(14-8-19)26(24-17-11-21(25)12-18-24)23-15-9-20(6-4-2)10-16-23/h7-18H,3-6H2,1-2H3. The monoisotopic (exact) mass is 407 g/mol. The molecule has 3 rings (SSSR count). The first-order chi connectivity index (χ1) is 12.7. The molecule has 2 heteroatoms. The highest BCUT2D eigenvalue weighted by atomic mass is 79.9. The number of nitrogens with zero attached hydrogens (tertiary/aromatic N) is 1. The van der Waals surface area contributed by atoms with E-state index in [1.807, 2.05) is 0 Å². The molecule has 0 aromatic heterocycles. The Hall–Kier alpha value is -2.06. The Kier molecular flexibility index (Phi) is 6.51. The maximum Gasteiger partial charge on any atom is 0.0462 e. The van der Waals surface area contributed by atoms with Gasteiger partial charge in [0.05, 0.1) is 0 Å². The zero-order valence-electron chi connectivity index (χ0n) is 15.6. The van der Waals surface area contributed by atoms with E-state index in [0.29, 0.717) is 0 Å². The summed E-state index contributed by atoms with van der Waals surface area (Å²) < 4.78 is 1.10. The molecule has 26 heavy (non-hydrogen) atoms. The molecule has 0 N–H and O–H groups in total. The Labute approximate surface area is 165 Å². The summed E-state index contributed by atoms with van der Waals surface area (Å²) in [5, 5.41) is 0. The van der Waals surface area contributed by atoms with Crippen LogP contribution < -0.4 is 4.90 Å². The van der Waals surface area contributed by atoms with Gasteiger partial charge < -0.3 is 4.90 Å². The van der Waals surface area contributed by atoms with Crippen LogP contribution in [0.4, 0.5) is 17.1 Å². The summed E-state index contributed by atoms with van der Waals surface area (Å²) >= 11 is 3.54. The van der Waals surface area contributed by atoms with E-state index in [1.165, 1.54) is 41.0 Å². The van der Waals surface area contributed by atoms with Gasteiger partial charge in [-0.05, 0) is 72.5 Å². The number of rotatable bonds is 7. The molecule has 0 spiro atoms. The van der Waals surface area contributed by atoms with Crippen LogP contribution in [0.25, 0.3) is 0 Å². The van der Waals surface area contributed by atoms with Crippen LogP contribution in [0.5, 0.6) is 0 Å². The molecule has 0 saturated heterocycles. The smallest absolute Gasteiger partial charge is 0.0462 e. The third-order valence-corrected chi connectivity index (χ3v) is 5.08. The van der Waals surface area contributed by atoms with E-state index in [2.05, 4.69) is 107 Å². The second-order valence-corrected chi connectivity index (χ2v) is 7.56. The molecule has 0 radical (unpaired) electrons. The summed E-state index contributed by atoms with van der Waals surface area (Å²) in [7, 11) is 0. The summed E-state index contributed by atoms with van der Waals surface area (Å²) in [6, 6.07) is 26.4. The number of halogens is 1. The number of anilines is 3. The number of hydrogen-bond donors (Lipinski definition) is 0. The Balaban J connectivity index is 1.99. The second-order valence-electron chi connectivity index (χ2n) is 6.64. The Morgan fingerprint density at radius 2 is 0.923 bits per heavy atom. The number of benzene rings is 3. The summed E-state index contributed by atoms with van der Waals surface area (Å²) in [4.78, 5) is 2.32. The number of aryl methyl sites for hydroxylation is 2. The predicted molar refractivity (Wildman–Crippen MR) is 117 cm³/mol. The average Bonchev–Trinajstić information content (AvgIpc) is 2.67. The average molecular weight is 408 g/mol. The molecule has 3 aromatic rings. The molecule has 3 aromatic carbocycles. The van der Waals surface area contributed by atoms with Crippen molar-refractivity contribution in [2.24, 2.45) is 0 Å². The fraction of sp³-hybridized carbons (Fsp3) is 0.250. The van der Waals surface area contributed by atoms with Gasteiger partial charge in [-0.1, -0.05) is 66.9 Å². The van der Waals surface area contributed by atoms with Crippen molar-refractivity contribution < 1.29 is 0 Å². The highest BCUT2D eigenvalue weighted by Crippen LogP contribution is 2.35. The maximum atomic E-state index is 3.54. The normalized spacial score (nSPS) is 10.7. The third kappa shape index (κ3) is 4.56. The SMILES string of the molecule is CCCc1ccc(N(c2ccc(Br)cc2)c2ccc(CCC)cc2)cc1. The van der Waals surface area contributed by atoms with Crippen molar-refractivity contribution in [3.05, 3.63) is 88.4 Å². The van der Waals surface area contributed by atoms with E-state index in [0.717, 1.165) is 17.3 Å². The zero-order chi connectivity index (χ0) is 18.4. The molecule has 0 heterocycles. The van der Waals surface area contributed by atoms with Gasteiger partial charge in [-0.25, -0.2) is 0 Å². The van der Waals surface area contributed by atoms with Gasteiger partial charge in [0.2, 0.25) is 0 Å². The molecule has 0 saturated carbocycles. The molecule has 134 valence electrons. The van der Waals surface area contributed by atoms with Gasteiger partial charge in [0, 0.05) is 21.5 Å². The van der Waals surface area contributed by atoms with Gasteiger partial charge in [-0.3, -0.25) is 0 Å². The van der Waals surface area contributed by atoms with E-state index >= 15 is 0 Å². The van der Waals surface area contributed by atoms with Crippen molar-refractivity contribution in [3.8, 4) is 0 Å². The number of hydrogen-bond acceptors (Lipinski definition) is 1. The van der Waals surface area contributed by atoms with Gasteiger partial charge >= 0.3 is 0 Å². The van der Waals surface area contributed by atoms with Crippen LogP contribution >= 0.6 is 15.9 Å². The van der Waals surface area contributed by atoms with E-state index < -0.39 is 0 Å². The third-order valence-electron chi connectivity index (χ3n) is 4.55. The predicted octanol–water partition coefficient (Wildman–Crippen LogP) is 7.82. The quantitative estimate of drug-likeness (QED) is 0.385. The molecular weight excluding hydrogens is 382 g/mol. The van der Waals surface area contributed by atoms with Crippen molar-refractivity contribution in [1.29, 1.82) is 0 Å². The summed E-state index contributed by atoms with van der Waals surface area (Å²) in [6.45, 7) is 4.44. The molecule has 0 bridgehead atoms. The van der Waals surface area contributed by atoms with E-state index in [4.69, 9.17) is 0 Å². The fourth-order valence-electron chi connectivity index (χ4n) is 3.24. The maximum absolute atomic E-state index is 3.54. The van der Waals surface area contributed by atoms with Crippen LogP contribution in [0.1, 0.15) is 37.8 Å². The summed E-state index contributed by atoms with van der Waals surface area (Å²) in [5.41, 5.74) is 6.33. The van der Waals surface area contributed by atoms with Gasteiger partial charge in [0.15, 0.2) is 0 Å². The van der Waals surface area contributed by atoms with Crippen LogP contribution in [0, 0.1) is 0 Å². The molecule has 0 aliphatic heterocycles. The molecule has 0 unspecified atom stereocenters. The minimum Gasteiger partial charge on any atom is -0.311 e. The van der Waals surface area contributed by atoms with Crippen molar-refractivity contribution >= 4 is 33.0 Å². The highest BCUT2D eigenvalue weighted by Gasteiger charge is 2.12. The van der Waals surface area contributed by atoms with E-state index in [1.54, 1.807) is 0 Å². The molecule has 1 nitrogen and oxygen atoms in total. The van der Waals surface area contributed by atoms with Crippen LogP contribution in [0.15, 0.2) is 77.3 Å². The lowest BCUT2D eigenvalue weighted by molar-refractivity contribution is 0.921. The second kappa shape index (κ2) is 9.05.